The van der Waals surface area contributed by atoms with Crippen LogP contribution in [0.25, 0.3) is 0 Å². The molecule has 0 aromatic carbocycles. The van der Waals surface area contributed by atoms with Crippen molar-refractivity contribution in [3.63, 3.8) is 0 Å². The highest BCUT2D eigenvalue weighted by molar-refractivity contribution is 4.84. The lowest BCUT2D eigenvalue weighted by Crippen LogP contribution is -2.45. The monoisotopic (exact) mass is 226 g/mol. The maximum atomic E-state index is 5.49. The molecule has 2 rings (SSSR count). The average molecular weight is 226 g/mol. The van der Waals surface area contributed by atoms with Gasteiger partial charge in [-0.1, -0.05) is 12.8 Å². The Morgan fingerprint density at radius 3 is 2.62 bits per heavy atom. The molecule has 0 radical (unpaired) electrons. The molecule has 0 amide bonds. The van der Waals surface area contributed by atoms with Gasteiger partial charge in [-0.3, -0.25) is 0 Å². The Labute approximate surface area is 99.5 Å². The van der Waals surface area contributed by atoms with Gasteiger partial charge in [-0.15, -0.1) is 0 Å². The summed E-state index contributed by atoms with van der Waals surface area (Å²) < 4.78 is 5.49. The fourth-order valence-corrected chi connectivity index (χ4v) is 3.15. The van der Waals surface area contributed by atoms with Crippen LogP contribution in [0.5, 0.6) is 0 Å². The molecule has 1 N–H and O–H groups in total. The Hall–Kier alpha value is -0.120. The smallest absolute Gasteiger partial charge is 0.0510 e. The van der Waals surface area contributed by atoms with Gasteiger partial charge < -0.3 is 15.0 Å². The van der Waals surface area contributed by atoms with Crippen LogP contribution in [0.1, 0.15) is 32.1 Å². The molecule has 3 heteroatoms. The predicted octanol–water partition coefficient (Wildman–Crippen LogP) is 1.49. The quantitative estimate of drug-likeness (QED) is 0.768. The summed E-state index contributed by atoms with van der Waals surface area (Å²) in [6.07, 6.45) is 6.86. The number of nitrogens with one attached hydrogen (secondary N) is 1. The summed E-state index contributed by atoms with van der Waals surface area (Å²) in [6.45, 7) is 3.08. The molecule has 94 valence electrons. The molecule has 2 fully saturated rings. The molecule has 3 nitrogen and oxygen atoms in total. The molecule has 16 heavy (non-hydrogen) atoms. The van der Waals surface area contributed by atoms with Crippen molar-refractivity contribution in [2.45, 2.75) is 44.2 Å². The van der Waals surface area contributed by atoms with E-state index in [0.29, 0.717) is 12.0 Å². The van der Waals surface area contributed by atoms with E-state index in [2.05, 4.69) is 24.3 Å². The first kappa shape index (κ1) is 12.3. The van der Waals surface area contributed by atoms with Crippen LogP contribution >= 0.6 is 0 Å². The fourth-order valence-electron chi connectivity index (χ4n) is 3.15. The Balaban J connectivity index is 1.80. The third kappa shape index (κ3) is 2.96. The van der Waals surface area contributed by atoms with Crippen molar-refractivity contribution in [1.82, 2.24) is 10.2 Å². The Morgan fingerprint density at radius 2 is 2.06 bits per heavy atom. The maximum absolute atomic E-state index is 5.49. The summed E-state index contributed by atoms with van der Waals surface area (Å²) >= 11 is 0. The third-order valence-electron chi connectivity index (χ3n) is 4.34. The molecule has 0 spiro atoms. The first-order valence-corrected chi connectivity index (χ1v) is 6.76. The summed E-state index contributed by atoms with van der Waals surface area (Å²) in [4.78, 5) is 2.56. The van der Waals surface area contributed by atoms with Crippen molar-refractivity contribution in [2.75, 3.05) is 33.9 Å². The van der Waals surface area contributed by atoms with Gasteiger partial charge in [0, 0.05) is 31.2 Å². The zero-order valence-corrected chi connectivity index (χ0v) is 10.7. The van der Waals surface area contributed by atoms with Crippen molar-refractivity contribution < 1.29 is 4.74 Å². The van der Waals surface area contributed by atoms with Crippen LogP contribution < -0.4 is 5.32 Å². The highest BCUT2D eigenvalue weighted by Crippen LogP contribution is 2.24. The molecule has 2 unspecified atom stereocenters. The Kier molecular flexibility index (Phi) is 4.62. The highest BCUT2D eigenvalue weighted by Gasteiger charge is 2.28. The maximum Gasteiger partial charge on any atom is 0.0510 e. The van der Waals surface area contributed by atoms with E-state index in [4.69, 9.17) is 4.74 Å². The minimum absolute atomic E-state index is 0.605. The topological polar surface area (TPSA) is 24.5 Å². The third-order valence-corrected chi connectivity index (χ3v) is 4.34. The van der Waals surface area contributed by atoms with Crippen molar-refractivity contribution in [3.8, 4) is 0 Å². The molecule has 1 heterocycles. The van der Waals surface area contributed by atoms with Gasteiger partial charge in [0.15, 0.2) is 0 Å². The number of hydrogen-bond donors (Lipinski definition) is 1. The molecule has 2 aliphatic rings. The molecule has 1 saturated carbocycles. The molecule has 0 aromatic rings. The fraction of sp³-hybridized carbons (Fsp3) is 1.00. The SMILES string of the molecule is CNC(CN(C)C1CCCC1)C1CCOC1. The van der Waals surface area contributed by atoms with Crippen LogP contribution in [0.4, 0.5) is 0 Å². The van der Waals surface area contributed by atoms with Crippen molar-refractivity contribution in [2.24, 2.45) is 5.92 Å². The van der Waals surface area contributed by atoms with Gasteiger partial charge in [-0.2, -0.15) is 0 Å². The van der Waals surface area contributed by atoms with Crippen molar-refractivity contribution in [1.29, 1.82) is 0 Å². The van der Waals surface area contributed by atoms with E-state index in [-0.39, 0.29) is 0 Å². The van der Waals surface area contributed by atoms with Gasteiger partial charge in [0.2, 0.25) is 0 Å². The Bertz CT molecular complexity index is 198. The summed E-state index contributed by atoms with van der Waals surface area (Å²) in [7, 11) is 4.38. The zero-order valence-electron chi connectivity index (χ0n) is 10.7. The lowest BCUT2D eigenvalue weighted by molar-refractivity contribution is 0.158. The van der Waals surface area contributed by atoms with Crippen LogP contribution in [0.2, 0.25) is 0 Å². The summed E-state index contributed by atoms with van der Waals surface area (Å²) in [5, 5.41) is 3.48. The molecule has 1 aliphatic carbocycles. The lowest BCUT2D eigenvalue weighted by atomic mass is 9.98. The summed E-state index contributed by atoms with van der Waals surface area (Å²) in [6, 6.07) is 1.44. The molecular weight excluding hydrogens is 200 g/mol. The van der Waals surface area contributed by atoms with Crippen molar-refractivity contribution >= 4 is 0 Å². The van der Waals surface area contributed by atoms with Crippen LogP contribution in [0.15, 0.2) is 0 Å². The molecule has 2 atom stereocenters. The van der Waals surface area contributed by atoms with E-state index < -0.39 is 0 Å². The number of nitrogens with zero attached hydrogens (tertiary/aromatic N) is 1. The van der Waals surface area contributed by atoms with E-state index in [1.165, 1.54) is 38.6 Å². The summed E-state index contributed by atoms with van der Waals surface area (Å²) in [5.41, 5.74) is 0. The van der Waals surface area contributed by atoms with Gasteiger partial charge in [0.05, 0.1) is 6.61 Å². The number of ether oxygens (including phenoxy) is 1. The van der Waals surface area contributed by atoms with Gasteiger partial charge in [0.1, 0.15) is 0 Å². The van der Waals surface area contributed by atoms with E-state index in [9.17, 15) is 0 Å². The number of likely N-dealkylation sites (N-methyl/N-ethyl adjacent to an activating group) is 2. The minimum atomic E-state index is 0.605. The van der Waals surface area contributed by atoms with Crippen molar-refractivity contribution in [3.05, 3.63) is 0 Å². The van der Waals surface area contributed by atoms with Crippen LogP contribution in [0.3, 0.4) is 0 Å². The number of rotatable bonds is 5. The van der Waals surface area contributed by atoms with Gasteiger partial charge >= 0.3 is 0 Å². The average Bonchev–Trinajstić information content (AvgIpc) is 2.96. The van der Waals surface area contributed by atoms with E-state index in [1.54, 1.807) is 0 Å². The van der Waals surface area contributed by atoms with E-state index >= 15 is 0 Å². The molecule has 1 saturated heterocycles. The number of hydrogen-bond acceptors (Lipinski definition) is 3. The second kappa shape index (κ2) is 5.99. The second-order valence-corrected chi connectivity index (χ2v) is 5.40. The lowest BCUT2D eigenvalue weighted by Gasteiger charge is -2.31. The van der Waals surface area contributed by atoms with E-state index in [0.717, 1.165) is 19.3 Å². The minimum Gasteiger partial charge on any atom is -0.381 e. The summed E-state index contributed by atoms with van der Waals surface area (Å²) in [5.74, 6) is 0.717. The molecule has 0 aromatic heterocycles. The van der Waals surface area contributed by atoms with Crippen LogP contribution in [0, 0.1) is 5.92 Å². The molecular formula is C13H26N2O. The first-order chi connectivity index (χ1) is 7.81. The van der Waals surface area contributed by atoms with Crippen LogP contribution in [-0.2, 0) is 4.74 Å². The predicted molar refractivity (Wildman–Crippen MR) is 66.7 cm³/mol. The van der Waals surface area contributed by atoms with Gasteiger partial charge in [-0.05, 0) is 33.4 Å². The first-order valence-electron chi connectivity index (χ1n) is 6.76. The zero-order chi connectivity index (χ0) is 11.4. The molecule has 0 bridgehead atoms. The van der Waals surface area contributed by atoms with Gasteiger partial charge in [0.25, 0.3) is 0 Å². The molecule has 1 aliphatic heterocycles. The Morgan fingerprint density at radius 1 is 1.31 bits per heavy atom. The standard InChI is InChI=1S/C13H26N2O/c1-14-13(11-7-8-16-10-11)9-15(2)12-5-3-4-6-12/h11-14H,3-10H2,1-2H3. The largest absolute Gasteiger partial charge is 0.381 e. The highest BCUT2D eigenvalue weighted by atomic mass is 16.5. The van der Waals surface area contributed by atoms with Crippen LogP contribution in [-0.4, -0.2) is 50.8 Å². The second-order valence-electron chi connectivity index (χ2n) is 5.40. The normalized spacial score (nSPS) is 29.1. The van der Waals surface area contributed by atoms with E-state index in [1.807, 2.05) is 0 Å². The van der Waals surface area contributed by atoms with Gasteiger partial charge in [-0.25, -0.2) is 0 Å².